The standard InChI is InChI=1S/C13H15ClF4N2/c14-11-2-1-9(13(16,17)18)7-10(11)12(8-15)20-5-3-19-4-6-20/h1-2,7,12,19H,3-6,8H2/t12-/m1/s1. The quantitative estimate of drug-likeness (QED) is 0.862. The predicted octanol–water partition coefficient (Wildman–Crippen LogP) is 3.27. The lowest BCUT2D eigenvalue weighted by molar-refractivity contribution is -0.137. The molecular weight excluding hydrogens is 296 g/mol. The lowest BCUT2D eigenvalue weighted by Gasteiger charge is -2.34. The van der Waals surface area contributed by atoms with Gasteiger partial charge in [0.15, 0.2) is 0 Å². The minimum Gasteiger partial charge on any atom is -0.314 e. The second-order valence-corrected chi connectivity index (χ2v) is 5.10. The third-order valence-corrected chi connectivity index (χ3v) is 3.77. The summed E-state index contributed by atoms with van der Waals surface area (Å²) >= 11 is 5.96. The molecule has 112 valence electrons. The van der Waals surface area contributed by atoms with Crippen LogP contribution in [0.1, 0.15) is 17.2 Å². The first-order valence-corrected chi connectivity index (χ1v) is 6.68. The van der Waals surface area contributed by atoms with E-state index in [-0.39, 0.29) is 10.6 Å². The van der Waals surface area contributed by atoms with Crippen LogP contribution in [0.15, 0.2) is 18.2 Å². The molecule has 7 heteroatoms. The lowest BCUT2D eigenvalue weighted by atomic mass is 10.0. The number of nitrogens with zero attached hydrogens (tertiary/aromatic N) is 1. The molecule has 0 bridgehead atoms. The Hall–Kier alpha value is -0.850. The first-order valence-electron chi connectivity index (χ1n) is 6.31. The Morgan fingerprint density at radius 2 is 1.90 bits per heavy atom. The van der Waals surface area contributed by atoms with Crippen LogP contribution in [0.5, 0.6) is 0 Å². The fraction of sp³-hybridized carbons (Fsp3) is 0.538. The molecule has 2 nitrogen and oxygen atoms in total. The Bertz CT molecular complexity index is 458. The maximum Gasteiger partial charge on any atom is 0.416 e. The van der Waals surface area contributed by atoms with Crippen molar-refractivity contribution in [3.05, 3.63) is 34.3 Å². The largest absolute Gasteiger partial charge is 0.416 e. The molecule has 0 amide bonds. The van der Waals surface area contributed by atoms with Gasteiger partial charge >= 0.3 is 6.18 Å². The highest BCUT2D eigenvalue weighted by Crippen LogP contribution is 2.35. The maximum absolute atomic E-state index is 13.3. The molecular formula is C13H15ClF4N2. The van der Waals surface area contributed by atoms with Crippen LogP contribution in [0, 0.1) is 0 Å². The van der Waals surface area contributed by atoms with Crippen molar-refractivity contribution in [1.82, 2.24) is 10.2 Å². The molecule has 20 heavy (non-hydrogen) atoms. The highest BCUT2D eigenvalue weighted by Gasteiger charge is 2.33. The third-order valence-electron chi connectivity index (χ3n) is 3.42. The zero-order valence-corrected chi connectivity index (χ0v) is 11.4. The SMILES string of the molecule is FC[C@H](c1cc(C(F)(F)F)ccc1Cl)N1CCNCC1. The minimum absolute atomic E-state index is 0.166. The van der Waals surface area contributed by atoms with Crippen molar-refractivity contribution < 1.29 is 17.6 Å². The van der Waals surface area contributed by atoms with E-state index < -0.39 is 24.5 Å². The molecule has 1 heterocycles. The summed E-state index contributed by atoms with van der Waals surface area (Å²) in [5, 5.41) is 3.28. The summed E-state index contributed by atoms with van der Waals surface area (Å²) in [7, 11) is 0. The van der Waals surface area contributed by atoms with Gasteiger partial charge in [0.1, 0.15) is 6.67 Å². The van der Waals surface area contributed by atoms with E-state index in [1.165, 1.54) is 6.07 Å². The van der Waals surface area contributed by atoms with Crippen LogP contribution in [0.25, 0.3) is 0 Å². The van der Waals surface area contributed by atoms with E-state index in [1.807, 2.05) is 4.90 Å². The number of rotatable bonds is 3. The number of hydrogen-bond donors (Lipinski definition) is 1. The summed E-state index contributed by atoms with van der Waals surface area (Å²) in [6.07, 6.45) is -4.45. The Morgan fingerprint density at radius 1 is 1.25 bits per heavy atom. The van der Waals surface area contributed by atoms with Gasteiger partial charge in [-0.3, -0.25) is 4.90 Å². The fourth-order valence-corrected chi connectivity index (χ4v) is 2.59. The predicted molar refractivity (Wildman–Crippen MR) is 69.6 cm³/mol. The summed E-state index contributed by atoms with van der Waals surface area (Å²) in [6, 6.07) is 2.32. The van der Waals surface area contributed by atoms with Crippen molar-refractivity contribution in [2.45, 2.75) is 12.2 Å². The first-order chi connectivity index (χ1) is 9.43. The summed E-state index contributed by atoms with van der Waals surface area (Å²) in [6.45, 7) is 1.78. The molecule has 1 fully saturated rings. The molecule has 0 aromatic heterocycles. The highest BCUT2D eigenvalue weighted by molar-refractivity contribution is 6.31. The molecule has 1 saturated heterocycles. The zero-order valence-electron chi connectivity index (χ0n) is 10.7. The summed E-state index contributed by atoms with van der Waals surface area (Å²) in [4.78, 5) is 1.82. The molecule has 0 radical (unpaired) electrons. The maximum atomic E-state index is 13.3. The molecule has 1 aliphatic heterocycles. The zero-order chi connectivity index (χ0) is 14.8. The molecule has 1 aromatic rings. The van der Waals surface area contributed by atoms with Crippen molar-refractivity contribution in [2.24, 2.45) is 0 Å². The Morgan fingerprint density at radius 3 is 2.45 bits per heavy atom. The van der Waals surface area contributed by atoms with Gasteiger partial charge in [0.05, 0.1) is 11.6 Å². The number of piperazine rings is 1. The van der Waals surface area contributed by atoms with Crippen LogP contribution in [-0.4, -0.2) is 37.8 Å². The summed E-state index contributed by atoms with van der Waals surface area (Å²) in [5.74, 6) is 0. The normalized spacial score (nSPS) is 19.1. The second kappa shape index (κ2) is 6.28. The van der Waals surface area contributed by atoms with E-state index in [9.17, 15) is 17.6 Å². The van der Waals surface area contributed by atoms with Crippen molar-refractivity contribution in [3.8, 4) is 0 Å². The van der Waals surface area contributed by atoms with Crippen LogP contribution in [-0.2, 0) is 6.18 Å². The van der Waals surface area contributed by atoms with Crippen LogP contribution in [0.3, 0.4) is 0 Å². The molecule has 2 rings (SSSR count). The lowest BCUT2D eigenvalue weighted by Crippen LogP contribution is -2.45. The molecule has 0 saturated carbocycles. The van der Waals surface area contributed by atoms with Gasteiger partial charge in [-0.15, -0.1) is 0 Å². The molecule has 1 atom stereocenters. The molecule has 1 aliphatic rings. The van der Waals surface area contributed by atoms with Gasteiger partial charge < -0.3 is 5.32 Å². The smallest absolute Gasteiger partial charge is 0.314 e. The van der Waals surface area contributed by atoms with E-state index in [0.717, 1.165) is 12.1 Å². The molecule has 1 aromatic carbocycles. The average molecular weight is 311 g/mol. The van der Waals surface area contributed by atoms with E-state index in [0.29, 0.717) is 26.2 Å². The van der Waals surface area contributed by atoms with Crippen LogP contribution >= 0.6 is 11.6 Å². The van der Waals surface area contributed by atoms with Gasteiger partial charge in [-0.2, -0.15) is 13.2 Å². The third kappa shape index (κ3) is 3.42. The van der Waals surface area contributed by atoms with Crippen LogP contribution in [0.4, 0.5) is 17.6 Å². The number of benzene rings is 1. The van der Waals surface area contributed by atoms with Gasteiger partial charge in [-0.25, -0.2) is 4.39 Å². The van der Waals surface area contributed by atoms with Gasteiger partial charge in [0.2, 0.25) is 0 Å². The van der Waals surface area contributed by atoms with Crippen LogP contribution < -0.4 is 5.32 Å². The van der Waals surface area contributed by atoms with Crippen molar-refractivity contribution in [1.29, 1.82) is 0 Å². The van der Waals surface area contributed by atoms with E-state index in [4.69, 9.17) is 11.6 Å². The first kappa shape index (κ1) is 15.5. The van der Waals surface area contributed by atoms with Gasteiger partial charge in [-0.05, 0) is 23.8 Å². The van der Waals surface area contributed by atoms with Gasteiger partial charge in [-0.1, -0.05) is 11.6 Å². The highest BCUT2D eigenvalue weighted by atomic mass is 35.5. The van der Waals surface area contributed by atoms with Crippen molar-refractivity contribution >= 4 is 11.6 Å². The molecule has 0 unspecified atom stereocenters. The number of alkyl halides is 4. The molecule has 0 aliphatic carbocycles. The topological polar surface area (TPSA) is 15.3 Å². The second-order valence-electron chi connectivity index (χ2n) is 4.69. The van der Waals surface area contributed by atoms with E-state index >= 15 is 0 Å². The Labute approximate surface area is 119 Å². The fourth-order valence-electron chi connectivity index (χ4n) is 2.35. The van der Waals surface area contributed by atoms with Crippen molar-refractivity contribution in [2.75, 3.05) is 32.9 Å². The molecule has 0 spiro atoms. The number of halogens is 5. The minimum atomic E-state index is -4.45. The number of nitrogens with one attached hydrogen (secondary N) is 1. The average Bonchev–Trinajstić information content (AvgIpc) is 2.41. The van der Waals surface area contributed by atoms with E-state index in [1.54, 1.807) is 0 Å². The Kier molecular flexibility index (Phi) is 4.88. The van der Waals surface area contributed by atoms with Gasteiger partial charge in [0.25, 0.3) is 0 Å². The van der Waals surface area contributed by atoms with Crippen molar-refractivity contribution in [3.63, 3.8) is 0 Å². The van der Waals surface area contributed by atoms with E-state index in [2.05, 4.69) is 5.32 Å². The van der Waals surface area contributed by atoms with Gasteiger partial charge in [0, 0.05) is 31.2 Å². The summed E-state index contributed by atoms with van der Waals surface area (Å²) < 4.78 is 51.6. The number of hydrogen-bond acceptors (Lipinski definition) is 2. The molecule has 1 N–H and O–H groups in total. The monoisotopic (exact) mass is 310 g/mol. The Balaban J connectivity index is 2.32. The summed E-state index contributed by atoms with van der Waals surface area (Å²) in [5.41, 5.74) is -0.601. The van der Waals surface area contributed by atoms with Crippen LogP contribution in [0.2, 0.25) is 5.02 Å².